The average molecular weight is 380 g/mol. The van der Waals surface area contributed by atoms with Crippen molar-refractivity contribution in [2.45, 2.75) is 50.5 Å². The second-order valence-corrected chi connectivity index (χ2v) is 8.99. The molecule has 2 aromatic rings. The molecule has 1 saturated carbocycles. The van der Waals surface area contributed by atoms with Crippen molar-refractivity contribution in [1.29, 1.82) is 0 Å². The molecule has 134 valence electrons. The third-order valence-corrected chi connectivity index (χ3v) is 6.80. The zero-order valence-corrected chi connectivity index (χ0v) is 15.8. The first-order valence-corrected chi connectivity index (χ1v) is 10.5. The van der Waals surface area contributed by atoms with E-state index in [2.05, 4.69) is 15.0 Å². The van der Waals surface area contributed by atoms with E-state index in [-0.39, 0.29) is 22.0 Å². The van der Waals surface area contributed by atoms with Crippen molar-refractivity contribution in [2.75, 3.05) is 4.72 Å². The SMILES string of the molecule is Cc1ccc(S(=O)(=O)Nc2nc(C)c(C(=O)NC3CCCC3)s2)cc1. The van der Waals surface area contributed by atoms with Gasteiger partial charge in [-0.2, -0.15) is 0 Å². The maximum Gasteiger partial charge on any atom is 0.263 e. The first-order chi connectivity index (χ1) is 11.8. The van der Waals surface area contributed by atoms with Crippen molar-refractivity contribution >= 4 is 32.4 Å². The summed E-state index contributed by atoms with van der Waals surface area (Å²) in [5.41, 5.74) is 1.51. The Hall–Kier alpha value is -1.93. The van der Waals surface area contributed by atoms with Crippen molar-refractivity contribution in [3.05, 3.63) is 40.4 Å². The van der Waals surface area contributed by atoms with Crippen LogP contribution in [0, 0.1) is 13.8 Å². The number of rotatable bonds is 5. The molecule has 0 spiro atoms. The van der Waals surface area contributed by atoms with Gasteiger partial charge in [-0.05, 0) is 38.8 Å². The number of thiazole rings is 1. The van der Waals surface area contributed by atoms with E-state index in [1.165, 1.54) is 0 Å². The van der Waals surface area contributed by atoms with E-state index < -0.39 is 10.0 Å². The van der Waals surface area contributed by atoms with Gasteiger partial charge in [0.2, 0.25) is 0 Å². The minimum atomic E-state index is -3.72. The summed E-state index contributed by atoms with van der Waals surface area (Å²) in [6, 6.07) is 6.78. The Morgan fingerprint density at radius 1 is 1.16 bits per heavy atom. The van der Waals surface area contributed by atoms with Crippen LogP contribution < -0.4 is 10.0 Å². The molecule has 1 aliphatic carbocycles. The first-order valence-electron chi connectivity index (χ1n) is 8.23. The number of anilines is 1. The number of amides is 1. The van der Waals surface area contributed by atoms with E-state index in [4.69, 9.17) is 0 Å². The predicted octanol–water partition coefficient (Wildman–Crippen LogP) is 3.23. The van der Waals surface area contributed by atoms with Gasteiger partial charge in [0.25, 0.3) is 15.9 Å². The summed E-state index contributed by atoms with van der Waals surface area (Å²) in [4.78, 5) is 17.2. The van der Waals surface area contributed by atoms with E-state index in [1.807, 2.05) is 6.92 Å². The Kier molecular flexibility index (Phi) is 5.10. The molecule has 0 aliphatic heterocycles. The maximum atomic E-state index is 12.4. The Labute approximate surface area is 151 Å². The van der Waals surface area contributed by atoms with Gasteiger partial charge in [0, 0.05) is 6.04 Å². The van der Waals surface area contributed by atoms with Crippen molar-refractivity contribution in [3.63, 3.8) is 0 Å². The van der Waals surface area contributed by atoms with Crippen LogP contribution in [0.3, 0.4) is 0 Å². The fourth-order valence-corrected chi connectivity index (χ4v) is 4.97. The van der Waals surface area contributed by atoms with E-state index >= 15 is 0 Å². The number of aromatic nitrogens is 1. The summed E-state index contributed by atoms with van der Waals surface area (Å²) in [6.45, 7) is 3.60. The van der Waals surface area contributed by atoms with Gasteiger partial charge in [-0.25, -0.2) is 13.4 Å². The molecule has 6 nitrogen and oxygen atoms in total. The number of carbonyl (C=O) groups excluding carboxylic acids is 1. The van der Waals surface area contributed by atoms with Gasteiger partial charge in [-0.15, -0.1) is 0 Å². The molecule has 1 aromatic heterocycles. The molecule has 0 saturated heterocycles. The summed E-state index contributed by atoms with van der Waals surface area (Å²) in [7, 11) is -3.72. The quantitative estimate of drug-likeness (QED) is 0.835. The van der Waals surface area contributed by atoms with Crippen molar-refractivity contribution < 1.29 is 13.2 Å². The summed E-state index contributed by atoms with van der Waals surface area (Å²) in [5, 5.41) is 3.21. The molecule has 3 rings (SSSR count). The third kappa shape index (κ3) is 4.19. The molecule has 25 heavy (non-hydrogen) atoms. The second-order valence-electron chi connectivity index (χ2n) is 6.31. The Morgan fingerprint density at radius 2 is 1.80 bits per heavy atom. The number of aryl methyl sites for hydroxylation is 2. The van der Waals surface area contributed by atoms with Crippen LogP contribution in [0.15, 0.2) is 29.2 Å². The van der Waals surface area contributed by atoms with Crippen LogP contribution in [0.2, 0.25) is 0 Å². The number of nitrogens with zero attached hydrogens (tertiary/aromatic N) is 1. The molecule has 1 heterocycles. The lowest BCUT2D eigenvalue weighted by molar-refractivity contribution is 0.0941. The molecule has 2 N–H and O–H groups in total. The van der Waals surface area contributed by atoms with Crippen LogP contribution in [0.4, 0.5) is 5.13 Å². The first kappa shape index (κ1) is 17.9. The van der Waals surface area contributed by atoms with Gasteiger partial charge in [0.05, 0.1) is 10.6 Å². The highest BCUT2D eigenvalue weighted by atomic mass is 32.2. The molecule has 8 heteroatoms. The minimum absolute atomic E-state index is 0.169. The lowest BCUT2D eigenvalue weighted by Gasteiger charge is -2.10. The largest absolute Gasteiger partial charge is 0.349 e. The molecule has 1 fully saturated rings. The van der Waals surface area contributed by atoms with Crippen LogP contribution in [0.1, 0.15) is 46.6 Å². The van der Waals surface area contributed by atoms with Crippen molar-refractivity contribution in [3.8, 4) is 0 Å². The highest BCUT2D eigenvalue weighted by Crippen LogP contribution is 2.26. The molecule has 1 aromatic carbocycles. The fourth-order valence-electron chi connectivity index (χ4n) is 2.86. The van der Waals surface area contributed by atoms with Gasteiger partial charge in [-0.3, -0.25) is 9.52 Å². The number of benzene rings is 1. The number of carbonyl (C=O) groups is 1. The minimum Gasteiger partial charge on any atom is -0.349 e. The molecule has 0 atom stereocenters. The smallest absolute Gasteiger partial charge is 0.263 e. The Morgan fingerprint density at radius 3 is 2.44 bits per heavy atom. The van der Waals surface area contributed by atoms with Gasteiger partial charge in [-0.1, -0.05) is 41.9 Å². The molecule has 0 bridgehead atoms. The standard InChI is InChI=1S/C17H21N3O3S2/c1-11-7-9-14(10-8-11)25(22,23)20-17-18-12(2)15(24-17)16(21)19-13-5-3-4-6-13/h7-10,13H,3-6H2,1-2H3,(H,18,20)(H,19,21). The lowest BCUT2D eigenvalue weighted by Crippen LogP contribution is -2.32. The second kappa shape index (κ2) is 7.13. The number of hydrogen-bond donors (Lipinski definition) is 2. The van der Waals surface area contributed by atoms with Gasteiger partial charge in [0.15, 0.2) is 5.13 Å². The summed E-state index contributed by atoms with van der Waals surface area (Å²) < 4.78 is 27.3. The lowest BCUT2D eigenvalue weighted by atomic mass is 10.2. The van der Waals surface area contributed by atoms with Crippen LogP contribution in [0.25, 0.3) is 0 Å². The monoisotopic (exact) mass is 379 g/mol. The highest BCUT2D eigenvalue weighted by Gasteiger charge is 2.23. The van der Waals surface area contributed by atoms with Crippen LogP contribution in [0.5, 0.6) is 0 Å². The Balaban J connectivity index is 1.75. The van der Waals surface area contributed by atoms with E-state index in [0.29, 0.717) is 10.6 Å². The summed E-state index contributed by atoms with van der Waals surface area (Å²) in [6.07, 6.45) is 4.26. The number of nitrogens with one attached hydrogen (secondary N) is 2. The van der Waals surface area contributed by atoms with Gasteiger partial charge in [0.1, 0.15) is 4.88 Å². The van der Waals surface area contributed by atoms with Gasteiger partial charge < -0.3 is 5.32 Å². The molecule has 0 radical (unpaired) electrons. The van der Waals surface area contributed by atoms with Crippen LogP contribution >= 0.6 is 11.3 Å². The topological polar surface area (TPSA) is 88.2 Å². The number of sulfonamides is 1. The zero-order chi connectivity index (χ0) is 18.0. The summed E-state index contributed by atoms with van der Waals surface area (Å²) >= 11 is 1.06. The molecule has 0 unspecified atom stereocenters. The summed E-state index contributed by atoms with van der Waals surface area (Å²) in [5.74, 6) is -0.178. The molecule has 1 amide bonds. The van der Waals surface area contributed by atoms with Crippen molar-refractivity contribution in [1.82, 2.24) is 10.3 Å². The Bertz CT molecular complexity index is 867. The molecule has 1 aliphatic rings. The van der Waals surface area contributed by atoms with Crippen molar-refractivity contribution in [2.24, 2.45) is 0 Å². The van der Waals surface area contributed by atoms with Gasteiger partial charge >= 0.3 is 0 Å². The van der Waals surface area contributed by atoms with E-state index in [9.17, 15) is 13.2 Å². The average Bonchev–Trinajstić information content (AvgIpc) is 3.17. The van der Waals surface area contributed by atoms with E-state index in [0.717, 1.165) is 42.6 Å². The normalized spacial score (nSPS) is 15.3. The number of hydrogen-bond acceptors (Lipinski definition) is 5. The maximum absolute atomic E-state index is 12.4. The predicted molar refractivity (Wildman–Crippen MR) is 98.6 cm³/mol. The van der Waals surface area contributed by atoms with Crippen LogP contribution in [-0.2, 0) is 10.0 Å². The molecular formula is C17H21N3O3S2. The fraction of sp³-hybridized carbons (Fsp3) is 0.412. The van der Waals surface area contributed by atoms with E-state index in [1.54, 1.807) is 31.2 Å². The van der Waals surface area contributed by atoms with Crippen LogP contribution in [-0.4, -0.2) is 25.4 Å². The highest BCUT2D eigenvalue weighted by molar-refractivity contribution is 7.93. The molecular weight excluding hydrogens is 358 g/mol. The zero-order valence-electron chi connectivity index (χ0n) is 14.2. The third-order valence-electron chi connectivity index (χ3n) is 4.25.